The van der Waals surface area contributed by atoms with E-state index in [1.54, 1.807) is 0 Å². The van der Waals surface area contributed by atoms with E-state index in [1.165, 1.54) is 0 Å². The summed E-state index contributed by atoms with van der Waals surface area (Å²) in [6.07, 6.45) is -1.99. The van der Waals surface area contributed by atoms with Crippen molar-refractivity contribution in [2.24, 2.45) is 0 Å². The van der Waals surface area contributed by atoms with E-state index in [9.17, 15) is 8.78 Å². The minimum absolute atomic E-state index is 0.207. The molecule has 0 unspecified atom stereocenters. The molecule has 0 atom stereocenters. The largest absolute Gasteiger partial charge is 0.375 e. The van der Waals surface area contributed by atoms with Gasteiger partial charge in [-0.3, -0.25) is 0 Å². The Labute approximate surface area is 106 Å². The van der Waals surface area contributed by atoms with Crippen molar-refractivity contribution < 1.29 is 13.5 Å². The van der Waals surface area contributed by atoms with Crippen molar-refractivity contribution in [2.75, 3.05) is 25.1 Å². The van der Waals surface area contributed by atoms with Crippen molar-refractivity contribution in [3.8, 4) is 0 Å². The van der Waals surface area contributed by atoms with Crippen molar-refractivity contribution in [3.05, 3.63) is 17.1 Å². The van der Waals surface area contributed by atoms with Crippen LogP contribution in [-0.2, 0) is 11.2 Å². The summed E-state index contributed by atoms with van der Waals surface area (Å²) in [4.78, 5) is 8.66. The van der Waals surface area contributed by atoms with Gasteiger partial charge in [-0.1, -0.05) is 0 Å². The molecular formula is C12H19F2N3O. The van der Waals surface area contributed by atoms with Gasteiger partial charge < -0.3 is 10.1 Å². The lowest BCUT2D eigenvalue weighted by molar-refractivity contribution is 0.0183. The Hall–Kier alpha value is -1.30. The average molecular weight is 259 g/mol. The lowest BCUT2D eigenvalue weighted by Crippen LogP contribution is -2.11. The van der Waals surface area contributed by atoms with Gasteiger partial charge in [-0.2, -0.15) is 0 Å². The quantitative estimate of drug-likeness (QED) is 0.764. The molecule has 6 heteroatoms. The van der Waals surface area contributed by atoms with Crippen LogP contribution in [0, 0.1) is 13.8 Å². The molecule has 0 aliphatic carbocycles. The maximum Gasteiger partial charge on any atom is 0.261 e. The van der Waals surface area contributed by atoms with Crippen molar-refractivity contribution in [3.63, 3.8) is 0 Å². The van der Waals surface area contributed by atoms with Crippen LogP contribution in [0.25, 0.3) is 0 Å². The molecule has 0 aliphatic rings. The fraction of sp³-hybridized carbons (Fsp3) is 0.667. The van der Waals surface area contributed by atoms with Crippen molar-refractivity contribution in [1.29, 1.82) is 0 Å². The molecule has 0 saturated heterocycles. The zero-order valence-electron chi connectivity index (χ0n) is 11.0. The van der Waals surface area contributed by atoms with Gasteiger partial charge in [-0.25, -0.2) is 18.7 Å². The number of nitrogens with one attached hydrogen (secondary N) is 1. The third-order valence-electron chi connectivity index (χ3n) is 2.49. The second-order valence-corrected chi connectivity index (χ2v) is 3.95. The molecule has 1 N–H and O–H groups in total. The molecule has 0 aliphatic heterocycles. The van der Waals surface area contributed by atoms with Crippen LogP contribution in [0.4, 0.5) is 14.6 Å². The number of hydrogen-bond acceptors (Lipinski definition) is 4. The smallest absolute Gasteiger partial charge is 0.261 e. The van der Waals surface area contributed by atoms with E-state index in [2.05, 4.69) is 15.3 Å². The summed E-state index contributed by atoms with van der Waals surface area (Å²) in [6, 6.07) is 0. The molecule has 1 rings (SSSR count). The molecular weight excluding hydrogens is 240 g/mol. The SMILES string of the molecule is CCNc1nc(CCOCC(F)F)nc(C)c1C. The zero-order chi connectivity index (χ0) is 13.5. The summed E-state index contributed by atoms with van der Waals surface area (Å²) in [5.41, 5.74) is 1.90. The molecule has 0 bridgehead atoms. The minimum atomic E-state index is -2.43. The summed E-state index contributed by atoms with van der Waals surface area (Å²) in [7, 11) is 0. The Morgan fingerprint density at radius 3 is 2.61 bits per heavy atom. The van der Waals surface area contributed by atoms with Crippen molar-refractivity contribution in [1.82, 2.24) is 9.97 Å². The van der Waals surface area contributed by atoms with Crippen molar-refractivity contribution >= 4 is 5.82 Å². The average Bonchev–Trinajstić information content (AvgIpc) is 2.31. The van der Waals surface area contributed by atoms with E-state index in [0.717, 1.165) is 23.6 Å². The molecule has 1 aromatic rings. The van der Waals surface area contributed by atoms with Crippen LogP contribution in [-0.4, -0.2) is 36.2 Å². The summed E-state index contributed by atoms with van der Waals surface area (Å²) < 4.78 is 28.6. The van der Waals surface area contributed by atoms with E-state index in [0.29, 0.717) is 12.2 Å². The Kier molecular flexibility index (Phi) is 5.91. The first-order valence-electron chi connectivity index (χ1n) is 5.98. The Balaban J connectivity index is 2.60. The van der Waals surface area contributed by atoms with Crippen LogP contribution in [0.3, 0.4) is 0 Å². The molecule has 1 heterocycles. The number of halogens is 2. The Morgan fingerprint density at radius 2 is 2.00 bits per heavy atom. The number of nitrogens with zero attached hydrogens (tertiary/aromatic N) is 2. The third kappa shape index (κ3) is 4.52. The number of aromatic nitrogens is 2. The van der Waals surface area contributed by atoms with E-state index >= 15 is 0 Å². The molecule has 102 valence electrons. The molecule has 18 heavy (non-hydrogen) atoms. The monoisotopic (exact) mass is 259 g/mol. The number of hydrogen-bond donors (Lipinski definition) is 1. The maximum atomic E-state index is 11.9. The summed E-state index contributed by atoms with van der Waals surface area (Å²) in [6.45, 7) is 6.29. The van der Waals surface area contributed by atoms with Gasteiger partial charge in [0, 0.05) is 24.2 Å². The normalized spacial score (nSPS) is 11.0. The number of ether oxygens (including phenoxy) is 1. The molecule has 0 amide bonds. The first-order valence-corrected chi connectivity index (χ1v) is 5.98. The number of anilines is 1. The highest BCUT2D eigenvalue weighted by atomic mass is 19.3. The van der Waals surface area contributed by atoms with E-state index < -0.39 is 13.0 Å². The predicted molar refractivity (Wildman–Crippen MR) is 66.2 cm³/mol. The Morgan fingerprint density at radius 1 is 1.28 bits per heavy atom. The van der Waals surface area contributed by atoms with Crippen molar-refractivity contribution in [2.45, 2.75) is 33.6 Å². The fourth-order valence-electron chi connectivity index (χ4n) is 1.47. The lowest BCUT2D eigenvalue weighted by Gasteiger charge is -2.11. The highest BCUT2D eigenvalue weighted by Crippen LogP contribution is 2.14. The highest BCUT2D eigenvalue weighted by molar-refractivity contribution is 5.45. The summed E-state index contributed by atoms with van der Waals surface area (Å²) in [5.74, 6) is 1.41. The fourth-order valence-corrected chi connectivity index (χ4v) is 1.47. The van der Waals surface area contributed by atoms with Crippen LogP contribution < -0.4 is 5.32 Å². The lowest BCUT2D eigenvalue weighted by atomic mass is 10.2. The van der Waals surface area contributed by atoms with E-state index in [-0.39, 0.29) is 6.61 Å². The standard InChI is InChI=1S/C12H19F2N3O/c1-4-15-12-8(2)9(3)16-11(17-12)5-6-18-7-10(13)14/h10H,4-7H2,1-3H3,(H,15,16,17). The maximum absolute atomic E-state index is 11.9. The van der Waals surface area contributed by atoms with Gasteiger partial charge in [-0.15, -0.1) is 0 Å². The van der Waals surface area contributed by atoms with Crippen LogP contribution in [0.2, 0.25) is 0 Å². The zero-order valence-corrected chi connectivity index (χ0v) is 11.0. The second-order valence-electron chi connectivity index (χ2n) is 3.95. The molecule has 4 nitrogen and oxygen atoms in total. The molecule has 0 saturated carbocycles. The van der Waals surface area contributed by atoms with Gasteiger partial charge >= 0.3 is 0 Å². The van der Waals surface area contributed by atoms with Gasteiger partial charge in [0.05, 0.1) is 6.61 Å². The van der Waals surface area contributed by atoms with E-state index in [4.69, 9.17) is 4.74 Å². The molecule has 0 aromatic carbocycles. The minimum Gasteiger partial charge on any atom is -0.375 e. The molecule has 1 aromatic heterocycles. The van der Waals surface area contributed by atoms with Gasteiger partial charge in [0.2, 0.25) is 0 Å². The van der Waals surface area contributed by atoms with Gasteiger partial charge in [0.25, 0.3) is 6.43 Å². The summed E-state index contributed by atoms with van der Waals surface area (Å²) >= 11 is 0. The van der Waals surface area contributed by atoms with Gasteiger partial charge in [0.1, 0.15) is 18.2 Å². The van der Waals surface area contributed by atoms with Crippen LogP contribution in [0.5, 0.6) is 0 Å². The molecule has 0 fully saturated rings. The summed E-state index contributed by atoms with van der Waals surface area (Å²) in [5, 5.41) is 3.15. The third-order valence-corrected chi connectivity index (χ3v) is 2.49. The van der Waals surface area contributed by atoms with Crippen LogP contribution in [0.1, 0.15) is 24.0 Å². The predicted octanol–water partition coefficient (Wildman–Crippen LogP) is 2.35. The van der Waals surface area contributed by atoms with Gasteiger partial charge in [-0.05, 0) is 20.8 Å². The first kappa shape index (κ1) is 14.8. The highest BCUT2D eigenvalue weighted by Gasteiger charge is 2.08. The molecule has 0 spiro atoms. The number of aryl methyl sites for hydroxylation is 1. The van der Waals surface area contributed by atoms with Crippen LogP contribution in [0.15, 0.2) is 0 Å². The van der Waals surface area contributed by atoms with E-state index in [1.807, 2.05) is 20.8 Å². The number of rotatable bonds is 7. The molecule has 0 radical (unpaired) electrons. The second kappa shape index (κ2) is 7.20. The first-order chi connectivity index (χ1) is 8.54. The number of alkyl halides is 2. The Bertz CT molecular complexity index is 386. The van der Waals surface area contributed by atoms with Crippen LogP contribution >= 0.6 is 0 Å². The topological polar surface area (TPSA) is 47.0 Å². The van der Waals surface area contributed by atoms with Gasteiger partial charge in [0.15, 0.2) is 0 Å².